The molecule has 1 atom stereocenters. The molecular weight excluding hydrogens is 360 g/mol. The Morgan fingerprint density at radius 2 is 2.22 bits per heavy atom. The standard InChI is InChI=1S/C19H20N6OS/c1-13-22-14(12-27-13)10-19(26)25-9-3-5-16(25)15-4-2-6-17(23-15)24-18-11-20-7-8-21-18/h2,4,6-8,11-12,16H,3,5,9-10H2,1H3,(H,21,23,24)/t16-/m0/s1. The number of rotatable bonds is 5. The summed E-state index contributed by atoms with van der Waals surface area (Å²) in [5, 5.41) is 6.10. The van der Waals surface area contributed by atoms with Gasteiger partial charge >= 0.3 is 0 Å². The van der Waals surface area contributed by atoms with Crippen LogP contribution in [0.25, 0.3) is 0 Å². The van der Waals surface area contributed by atoms with Crippen LogP contribution < -0.4 is 5.32 Å². The second kappa shape index (κ2) is 7.79. The molecule has 138 valence electrons. The van der Waals surface area contributed by atoms with E-state index in [0.717, 1.165) is 35.8 Å². The van der Waals surface area contributed by atoms with Crippen LogP contribution in [-0.2, 0) is 11.2 Å². The summed E-state index contributed by atoms with van der Waals surface area (Å²) in [7, 11) is 0. The summed E-state index contributed by atoms with van der Waals surface area (Å²) < 4.78 is 0. The van der Waals surface area contributed by atoms with Gasteiger partial charge in [-0.2, -0.15) is 0 Å². The molecule has 0 spiro atoms. The fourth-order valence-electron chi connectivity index (χ4n) is 3.32. The van der Waals surface area contributed by atoms with Gasteiger partial charge in [0, 0.05) is 24.3 Å². The smallest absolute Gasteiger partial charge is 0.229 e. The highest BCUT2D eigenvalue weighted by Crippen LogP contribution is 2.32. The number of nitrogens with zero attached hydrogens (tertiary/aromatic N) is 5. The van der Waals surface area contributed by atoms with E-state index in [0.29, 0.717) is 18.1 Å². The van der Waals surface area contributed by atoms with Crippen molar-refractivity contribution in [1.29, 1.82) is 0 Å². The number of amides is 1. The van der Waals surface area contributed by atoms with E-state index in [2.05, 4.69) is 20.3 Å². The maximum Gasteiger partial charge on any atom is 0.229 e. The zero-order valence-electron chi connectivity index (χ0n) is 15.0. The first kappa shape index (κ1) is 17.5. The van der Waals surface area contributed by atoms with E-state index in [1.165, 1.54) is 0 Å². The van der Waals surface area contributed by atoms with Crippen molar-refractivity contribution in [2.24, 2.45) is 0 Å². The molecule has 0 unspecified atom stereocenters. The molecule has 1 fully saturated rings. The number of carbonyl (C=O) groups is 1. The van der Waals surface area contributed by atoms with Gasteiger partial charge in [-0.1, -0.05) is 6.07 Å². The lowest BCUT2D eigenvalue weighted by Gasteiger charge is -2.24. The number of nitrogens with one attached hydrogen (secondary N) is 1. The van der Waals surface area contributed by atoms with E-state index < -0.39 is 0 Å². The van der Waals surface area contributed by atoms with Crippen LogP contribution in [0.15, 0.2) is 42.2 Å². The normalized spacial score (nSPS) is 16.5. The lowest BCUT2D eigenvalue weighted by molar-refractivity contribution is -0.131. The van der Waals surface area contributed by atoms with Gasteiger partial charge in [0.15, 0.2) is 0 Å². The number of aryl methyl sites for hydroxylation is 1. The average Bonchev–Trinajstić information content (AvgIpc) is 3.32. The zero-order chi connectivity index (χ0) is 18.6. The lowest BCUT2D eigenvalue weighted by Crippen LogP contribution is -2.32. The van der Waals surface area contributed by atoms with Gasteiger partial charge in [-0.3, -0.25) is 9.78 Å². The van der Waals surface area contributed by atoms with E-state index >= 15 is 0 Å². The predicted molar refractivity (Wildman–Crippen MR) is 104 cm³/mol. The Kier molecular flexibility index (Phi) is 5.06. The van der Waals surface area contributed by atoms with Gasteiger partial charge in [0.25, 0.3) is 0 Å². The Morgan fingerprint density at radius 3 is 3.00 bits per heavy atom. The molecule has 0 aromatic carbocycles. The van der Waals surface area contributed by atoms with Crippen molar-refractivity contribution >= 4 is 28.9 Å². The van der Waals surface area contributed by atoms with Gasteiger partial charge < -0.3 is 10.2 Å². The van der Waals surface area contributed by atoms with Gasteiger partial charge in [0.2, 0.25) is 5.91 Å². The fraction of sp³-hybridized carbons (Fsp3) is 0.316. The predicted octanol–water partition coefficient (Wildman–Crippen LogP) is 3.29. The molecule has 0 aliphatic carbocycles. The molecule has 1 N–H and O–H groups in total. The Morgan fingerprint density at radius 1 is 1.30 bits per heavy atom. The molecule has 8 heteroatoms. The van der Waals surface area contributed by atoms with Crippen molar-refractivity contribution in [3.8, 4) is 0 Å². The molecule has 4 rings (SSSR count). The number of thiazole rings is 1. The molecule has 0 saturated carbocycles. The molecule has 0 bridgehead atoms. The summed E-state index contributed by atoms with van der Waals surface area (Å²) in [6.45, 7) is 2.72. The van der Waals surface area contributed by atoms with Gasteiger partial charge in [0.1, 0.15) is 11.6 Å². The number of anilines is 2. The first-order valence-electron chi connectivity index (χ1n) is 8.89. The molecule has 0 radical (unpaired) electrons. The molecule has 1 saturated heterocycles. The summed E-state index contributed by atoms with van der Waals surface area (Å²) in [5.74, 6) is 1.44. The van der Waals surface area contributed by atoms with Crippen molar-refractivity contribution in [2.45, 2.75) is 32.2 Å². The molecule has 7 nitrogen and oxygen atoms in total. The van der Waals surface area contributed by atoms with Gasteiger partial charge in [-0.25, -0.2) is 15.0 Å². The van der Waals surface area contributed by atoms with Crippen LogP contribution in [0.2, 0.25) is 0 Å². The Balaban J connectivity index is 1.49. The topological polar surface area (TPSA) is 83.9 Å². The number of hydrogen-bond acceptors (Lipinski definition) is 7. The van der Waals surface area contributed by atoms with Crippen molar-refractivity contribution in [1.82, 2.24) is 24.8 Å². The van der Waals surface area contributed by atoms with Crippen molar-refractivity contribution in [2.75, 3.05) is 11.9 Å². The zero-order valence-corrected chi connectivity index (χ0v) is 15.8. The van der Waals surface area contributed by atoms with Crippen LogP contribution in [0.3, 0.4) is 0 Å². The minimum Gasteiger partial charge on any atom is -0.334 e. The minimum absolute atomic E-state index is 0.000778. The minimum atomic E-state index is 0.000778. The molecule has 27 heavy (non-hydrogen) atoms. The lowest BCUT2D eigenvalue weighted by atomic mass is 10.1. The Bertz CT molecular complexity index is 929. The van der Waals surface area contributed by atoms with Crippen molar-refractivity contribution in [3.05, 3.63) is 58.6 Å². The Labute approximate surface area is 161 Å². The SMILES string of the molecule is Cc1nc(CC(=O)N2CCC[C@H]2c2cccc(Nc3cnccn3)n2)cs1. The summed E-state index contributed by atoms with van der Waals surface area (Å²) in [6, 6.07) is 5.81. The number of aromatic nitrogens is 4. The average molecular weight is 380 g/mol. The highest BCUT2D eigenvalue weighted by atomic mass is 32.1. The molecule has 4 heterocycles. The number of carbonyl (C=O) groups excluding carboxylic acids is 1. The van der Waals surface area contributed by atoms with Gasteiger partial charge in [-0.15, -0.1) is 11.3 Å². The van der Waals surface area contributed by atoms with Crippen LogP contribution in [0.4, 0.5) is 11.6 Å². The van der Waals surface area contributed by atoms with E-state index in [1.54, 1.807) is 29.9 Å². The van der Waals surface area contributed by atoms with E-state index in [9.17, 15) is 4.79 Å². The summed E-state index contributed by atoms with van der Waals surface area (Å²) in [4.78, 5) is 32.1. The van der Waals surface area contributed by atoms with Gasteiger partial charge in [0.05, 0.1) is 35.1 Å². The number of pyridine rings is 1. The van der Waals surface area contributed by atoms with Crippen LogP contribution in [0.1, 0.15) is 35.3 Å². The number of hydrogen-bond donors (Lipinski definition) is 1. The first-order valence-corrected chi connectivity index (χ1v) is 9.77. The fourth-order valence-corrected chi connectivity index (χ4v) is 3.93. The molecular formula is C19H20N6OS. The van der Waals surface area contributed by atoms with Gasteiger partial charge in [-0.05, 0) is 31.9 Å². The van der Waals surface area contributed by atoms with Crippen molar-refractivity contribution in [3.63, 3.8) is 0 Å². The highest BCUT2D eigenvalue weighted by molar-refractivity contribution is 7.09. The maximum atomic E-state index is 12.8. The maximum absolute atomic E-state index is 12.8. The molecule has 3 aromatic heterocycles. The third-order valence-electron chi connectivity index (χ3n) is 4.50. The summed E-state index contributed by atoms with van der Waals surface area (Å²) in [6.07, 6.45) is 7.15. The largest absolute Gasteiger partial charge is 0.334 e. The van der Waals surface area contributed by atoms with Crippen molar-refractivity contribution < 1.29 is 4.79 Å². The summed E-state index contributed by atoms with van der Waals surface area (Å²) in [5.41, 5.74) is 1.74. The second-order valence-electron chi connectivity index (χ2n) is 6.44. The Hall–Kier alpha value is -2.87. The first-order chi connectivity index (χ1) is 13.2. The second-order valence-corrected chi connectivity index (χ2v) is 7.51. The van der Waals surface area contributed by atoms with E-state index in [4.69, 9.17) is 4.98 Å². The monoisotopic (exact) mass is 380 g/mol. The third kappa shape index (κ3) is 4.11. The van der Waals surface area contributed by atoms with E-state index in [-0.39, 0.29) is 11.9 Å². The van der Waals surface area contributed by atoms with Crippen LogP contribution in [0.5, 0.6) is 0 Å². The van der Waals surface area contributed by atoms with Crippen LogP contribution >= 0.6 is 11.3 Å². The quantitative estimate of drug-likeness (QED) is 0.731. The van der Waals surface area contributed by atoms with E-state index in [1.807, 2.05) is 35.4 Å². The summed E-state index contributed by atoms with van der Waals surface area (Å²) >= 11 is 1.58. The molecule has 3 aromatic rings. The molecule has 1 amide bonds. The van der Waals surface area contributed by atoms with Crippen LogP contribution in [-0.4, -0.2) is 37.3 Å². The molecule has 1 aliphatic rings. The third-order valence-corrected chi connectivity index (χ3v) is 5.33. The molecule has 1 aliphatic heterocycles. The number of likely N-dealkylation sites (tertiary alicyclic amines) is 1. The highest BCUT2D eigenvalue weighted by Gasteiger charge is 2.31. The van der Waals surface area contributed by atoms with Crippen LogP contribution in [0, 0.1) is 6.92 Å².